The fourth-order valence-corrected chi connectivity index (χ4v) is 3.41. The first kappa shape index (κ1) is 15.5. The second-order valence-electron chi connectivity index (χ2n) is 5.92. The van der Waals surface area contributed by atoms with Crippen LogP contribution in [0.4, 0.5) is 0 Å². The van der Waals surface area contributed by atoms with Crippen molar-refractivity contribution in [3.63, 3.8) is 0 Å². The van der Waals surface area contributed by atoms with E-state index in [1.165, 1.54) is 6.42 Å². The number of aromatic nitrogens is 2. The van der Waals surface area contributed by atoms with Crippen LogP contribution in [0, 0.1) is 0 Å². The Morgan fingerprint density at radius 3 is 2.65 bits per heavy atom. The van der Waals surface area contributed by atoms with E-state index in [9.17, 15) is 9.90 Å². The molecule has 3 N–H and O–H groups in total. The van der Waals surface area contributed by atoms with E-state index in [1.54, 1.807) is 0 Å². The molecule has 20 heavy (non-hydrogen) atoms. The van der Waals surface area contributed by atoms with Crippen LogP contribution in [-0.2, 0) is 0 Å². The molecule has 1 heterocycles. The zero-order chi connectivity index (χ0) is 14.8. The van der Waals surface area contributed by atoms with Crippen LogP contribution >= 0.6 is 15.9 Å². The molecule has 0 spiro atoms. The molecular formula is C14H22BrN3O2. The maximum absolute atomic E-state index is 12.2. The summed E-state index contributed by atoms with van der Waals surface area (Å²) < 4.78 is 0.709. The van der Waals surface area contributed by atoms with Crippen molar-refractivity contribution in [2.45, 2.75) is 57.5 Å². The lowest BCUT2D eigenvalue weighted by molar-refractivity contribution is 0.00520. The highest BCUT2D eigenvalue weighted by Crippen LogP contribution is 2.28. The molecule has 1 aromatic rings. The molecule has 0 aliphatic heterocycles. The number of carbonyl (C=O) groups excluding carboxylic acids is 1. The van der Waals surface area contributed by atoms with Gasteiger partial charge in [0.1, 0.15) is 0 Å². The lowest BCUT2D eigenvalue weighted by Gasteiger charge is -2.31. The van der Waals surface area contributed by atoms with Crippen molar-refractivity contribution in [3.05, 3.63) is 15.9 Å². The average Bonchev–Trinajstić information content (AvgIpc) is 2.79. The van der Waals surface area contributed by atoms with Gasteiger partial charge in [0, 0.05) is 6.54 Å². The molecule has 1 aliphatic carbocycles. The van der Waals surface area contributed by atoms with Crippen LogP contribution in [0.3, 0.4) is 0 Å². The van der Waals surface area contributed by atoms with Gasteiger partial charge < -0.3 is 10.4 Å². The minimum atomic E-state index is -0.752. The Labute approximate surface area is 127 Å². The van der Waals surface area contributed by atoms with Crippen LogP contribution in [0.2, 0.25) is 0 Å². The summed E-state index contributed by atoms with van der Waals surface area (Å²) in [6.45, 7) is 4.36. The van der Waals surface area contributed by atoms with Gasteiger partial charge in [-0.05, 0) is 34.7 Å². The summed E-state index contributed by atoms with van der Waals surface area (Å²) in [4.78, 5) is 12.2. The van der Waals surface area contributed by atoms with Crippen molar-refractivity contribution >= 4 is 21.8 Å². The standard InChI is InChI=1S/C14H22BrN3O2/c1-9(2)11-10(15)12(18-17-11)13(19)16-8-14(20)6-4-3-5-7-14/h9,20H,3-8H2,1-2H3,(H,16,19)(H,17,18). The number of aliphatic hydroxyl groups is 1. The highest BCUT2D eigenvalue weighted by atomic mass is 79.9. The van der Waals surface area contributed by atoms with Crippen molar-refractivity contribution in [1.29, 1.82) is 0 Å². The molecule has 1 fully saturated rings. The average molecular weight is 344 g/mol. The summed E-state index contributed by atoms with van der Waals surface area (Å²) in [5.74, 6) is 0.0139. The zero-order valence-electron chi connectivity index (χ0n) is 12.0. The summed E-state index contributed by atoms with van der Waals surface area (Å²) in [5.41, 5.74) is 0.511. The second-order valence-corrected chi connectivity index (χ2v) is 6.72. The van der Waals surface area contributed by atoms with Gasteiger partial charge in [-0.1, -0.05) is 33.1 Å². The Kier molecular flexibility index (Phi) is 4.86. The zero-order valence-corrected chi connectivity index (χ0v) is 13.6. The van der Waals surface area contributed by atoms with Gasteiger partial charge in [0.25, 0.3) is 5.91 Å². The molecule has 0 radical (unpaired) electrons. The van der Waals surface area contributed by atoms with Crippen LogP contribution in [-0.4, -0.2) is 33.4 Å². The van der Waals surface area contributed by atoms with Crippen molar-refractivity contribution < 1.29 is 9.90 Å². The first-order chi connectivity index (χ1) is 9.43. The first-order valence-electron chi connectivity index (χ1n) is 7.17. The number of nitrogens with zero attached hydrogens (tertiary/aromatic N) is 1. The Morgan fingerprint density at radius 2 is 2.10 bits per heavy atom. The molecule has 0 unspecified atom stereocenters. The van der Waals surface area contributed by atoms with E-state index in [1.807, 2.05) is 13.8 Å². The summed E-state index contributed by atoms with van der Waals surface area (Å²) in [5, 5.41) is 20.1. The highest BCUT2D eigenvalue weighted by Gasteiger charge is 2.30. The van der Waals surface area contributed by atoms with E-state index in [-0.39, 0.29) is 11.8 Å². The van der Waals surface area contributed by atoms with Crippen LogP contribution in [0.25, 0.3) is 0 Å². The molecule has 0 atom stereocenters. The maximum Gasteiger partial charge on any atom is 0.273 e. The number of halogens is 1. The number of rotatable bonds is 4. The van der Waals surface area contributed by atoms with E-state index in [0.29, 0.717) is 16.7 Å². The molecule has 5 nitrogen and oxygen atoms in total. The molecule has 1 aromatic heterocycles. The molecule has 1 aliphatic rings. The smallest absolute Gasteiger partial charge is 0.273 e. The predicted octanol–water partition coefficient (Wildman–Crippen LogP) is 2.72. The molecule has 1 saturated carbocycles. The van der Waals surface area contributed by atoms with E-state index in [4.69, 9.17) is 0 Å². The lowest BCUT2D eigenvalue weighted by atomic mass is 9.85. The van der Waals surface area contributed by atoms with Gasteiger partial charge in [0.2, 0.25) is 0 Å². The van der Waals surface area contributed by atoms with Gasteiger partial charge in [0.15, 0.2) is 5.69 Å². The Hall–Kier alpha value is -0.880. The lowest BCUT2D eigenvalue weighted by Crippen LogP contribution is -2.44. The third-order valence-corrected chi connectivity index (χ3v) is 4.69. The van der Waals surface area contributed by atoms with Gasteiger partial charge in [0.05, 0.1) is 15.8 Å². The van der Waals surface area contributed by atoms with Crippen LogP contribution in [0.5, 0.6) is 0 Å². The number of carbonyl (C=O) groups is 1. The Bertz CT molecular complexity index is 479. The van der Waals surface area contributed by atoms with Gasteiger partial charge in [-0.2, -0.15) is 5.10 Å². The van der Waals surface area contributed by atoms with Crippen LogP contribution < -0.4 is 5.32 Å². The summed E-state index contributed by atoms with van der Waals surface area (Å²) in [7, 11) is 0. The van der Waals surface area contributed by atoms with Gasteiger partial charge >= 0.3 is 0 Å². The number of nitrogens with one attached hydrogen (secondary N) is 2. The minimum absolute atomic E-state index is 0.251. The largest absolute Gasteiger partial charge is 0.388 e. The SMILES string of the molecule is CC(C)c1[nH]nc(C(=O)NCC2(O)CCCCC2)c1Br. The van der Waals surface area contributed by atoms with Crippen LogP contribution in [0.1, 0.15) is 68.1 Å². The van der Waals surface area contributed by atoms with E-state index in [2.05, 4.69) is 31.4 Å². The van der Waals surface area contributed by atoms with Crippen LogP contribution in [0.15, 0.2) is 4.47 Å². The Morgan fingerprint density at radius 1 is 1.45 bits per heavy atom. The molecule has 0 bridgehead atoms. The molecule has 1 amide bonds. The number of hydrogen-bond donors (Lipinski definition) is 3. The number of H-pyrrole nitrogens is 1. The molecule has 112 valence electrons. The van der Waals surface area contributed by atoms with Gasteiger partial charge in [-0.3, -0.25) is 9.89 Å². The molecule has 0 saturated heterocycles. The van der Waals surface area contributed by atoms with E-state index >= 15 is 0 Å². The number of aromatic amines is 1. The monoisotopic (exact) mass is 343 g/mol. The normalized spacial score (nSPS) is 18.2. The van der Waals surface area contributed by atoms with Crippen molar-refractivity contribution in [2.75, 3.05) is 6.54 Å². The van der Waals surface area contributed by atoms with E-state index < -0.39 is 5.60 Å². The predicted molar refractivity (Wildman–Crippen MR) is 80.7 cm³/mol. The molecule has 2 rings (SSSR count). The van der Waals surface area contributed by atoms with E-state index in [0.717, 1.165) is 31.4 Å². The summed E-state index contributed by atoms with van der Waals surface area (Å²) in [6.07, 6.45) is 4.73. The topological polar surface area (TPSA) is 78.0 Å². The second kappa shape index (κ2) is 6.26. The highest BCUT2D eigenvalue weighted by molar-refractivity contribution is 9.10. The third-order valence-electron chi connectivity index (χ3n) is 3.89. The van der Waals surface area contributed by atoms with Gasteiger partial charge in [-0.25, -0.2) is 0 Å². The molecule has 6 heteroatoms. The summed E-state index contributed by atoms with van der Waals surface area (Å²) >= 11 is 3.41. The van der Waals surface area contributed by atoms with Crippen molar-refractivity contribution in [3.8, 4) is 0 Å². The number of hydrogen-bond acceptors (Lipinski definition) is 3. The Balaban J connectivity index is 1.98. The fraction of sp³-hybridized carbons (Fsp3) is 0.714. The van der Waals surface area contributed by atoms with Crippen molar-refractivity contribution in [1.82, 2.24) is 15.5 Å². The van der Waals surface area contributed by atoms with Crippen molar-refractivity contribution in [2.24, 2.45) is 0 Å². The first-order valence-corrected chi connectivity index (χ1v) is 7.96. The molecule has 0 aromatic carbocycles. The summed E-state index contributed by atoms with van der Waals surface area (Å²) in [6, 6.07) is 0. The fourth-order valence-electron chi connectivity index (χ4n) is 2.59. The maximum atomic E-state index is 12.2. The quantitative estimate of drug-likeness (QED) is 0.786. The van der Waals surface area contributed by atoms with Gasteiger partial charge in [-0.15, -0.1) is 0 Å². The number of amides is 1. The molecular weight excluding hydrogens is 322 g/mol. The third kappa shape index (κ3) is 3.41. The minimum Gasteiger partial charge on any atom is -0.388 e.